The van der Waals surface area contributed by atoms with Crippen molar-refractivity contribution in [2.45, 2.75) is 13.8 Å². The molecule has 0 spiro atoms. The van der Waals surface area contributed by atoms with Crippen LogP contribution >= 0.6 is 15.9 Å². The fourth-order valence-corrected chi connectivity index (χ4v) is 2.54. The Morgan fingerprint density at radius 1 is 1.29 bits per heavy atom. The molecule has 0 aliphatic carbocycles. The molecule has 1 amide bonds. The van der Waals surface area contributed by atoms with Gasteiger partial charge >= 0.3 is 0 Å². The van der Waals surface area contributed by atoms with Gasteiger partial charge in [-0.2, -0.15) is 0 Å². The van der Waals surface area contributed by atoms with E-state index in [0.717, 1.165) is 0 Å². The van der Waals surface area contributed by atoms with E-state index >= 15 is 0 Å². The number of benzene rings is 1. The van der Waals surface area contributed by atoms with Crippen molar-refractivity contribution in [3.63, 3.8) is 0 Å². The van der Waals surface area contributed by atoms with E-state index in [0.29, 0.717) is 34.6 Å². The van der Waals surface area contributed by atoms with E-state index in [1.165, 1.54) is 0 Å². The first-order valence-corrected chi connectivity index (χ1v) is 7.42. The van der Waals surface area contributed by atoms with Crippen molar-refractivity contribution < 1.29 is 14.3 Å². The number of rotatable bonds is 6. The van der Waals surface area contributed by atoms with Crippen LogP contribution in [0.3, 0.4) is 0 Å². The molecule has 0 atom stereocenters. The second kappa shape index (κ2) is 7.13. The van der Waals surface area contributed by atoms with Crippen molar-refractivity contribution in [1.29, 1.82) is 0 Å². The predicted molar refractivity (Wildman–Crippen MR) is 87.0 cm³/mol. The first-order chi connectivity index (χ1) is 9.75. The van der Waals surface area contributed by atoms with Gasteiger partial charge in [-0.05, 0) is 40.0 Å². The summed E-state index contributed by atoms with van der Waals surface area (Å²) >= 11 is 3.39. The Hall–Kier alpha value is -1.27. The molecule has 0 radical (unpaired) electrons. The Morgan fingerprint density at radius 2 is 1.76 bits per heavy atom. The first-order valence-electron chi connectivity index (χ1n) is 6.62. The summed E-state index contributed by atoms with van der Waals surface area (Å²) in [5.74, 6) is 1.02. The molecule has 0 unspecified atom stereocenters. The molecule has 0 aliphatic heterocycles. The Bertz CT molecular complexity index is 493. The van der Waals surface area contributed by atoms with Gasteiger partial charge in [-0.3, -0.25) is 4.79 Å². The predicted octanol–water partition coefficient (Wildman–Crippen LogP) is 2.52. The van der Waals surface area contributed by atoms with Crippen LogP contribution in [-0.2, 0) is 0 Å². The summed E-state index contributed by atoms with van der Waals surface area (Å²) in [7, 11) is 4.87. The third-order valence-electron chi connectivity index (χ3n) is 3.26. The number of nitrogens with two attached hydrogens (primary N) is 1. The molecule has 1 rings (SSSR count). The first kappa shape index (κ1) is 17.8. The highest BCUT2D eigenvalue weighted by atomic mass is 79.9. The average Bonchev–Trinajstić information content (AvgIpc) is 2.46. The van der Waals surface area contributed by atoms with Gasteiger partial charge in [0.2, 0.25) is 0 Å². The molecule has 0 fully saturated rings. The van der Waals surface area contributed by atoms with E-state index in [9.17, 15) is 4.79 Å². The second-order valence-corrected chi connectivity index (χ2v) is 6.52. The molecule has 118 valence electrons. The summed E-state index contributed by atoms with van der Waals surface area (Å²) in [5.41, 5.74) is 6.11. The lowest BCUT2D eigenvalue weighted by molar-refractivity contribution is 0.0740. The van der Waals surface area contributed by atoms with Crippen LogP contribution in [0, 0.1) is 5.41 Å². The van der Waals surface area contributed by atoms with Crippen LogP contribution < -0.4 is 15.2 Å². The monoisotopic (exact) mass is 358 g/mol. The van der Waals surface area contributed by atoms with Gasteiger partial charge in [0.25, 0.3) is 5.91 Å². The zero-order valence-corrected chi connectivity index (χ0v) is 14.8. The zero-order valence-electron chi connectivity index (χ0n) is 13.2. The van der Waals surface area contributed by atoms with E-state index in [4.69, 9.17) is 15.2 Å². The maximum atomic E-state index is 12.5. The van der Waals surface area contributed by atoms with Gasteiger partial charge in [0.1, 0.15) is 16.0 Å². The summed E-state index contributed by atoms with van der Waals surface area (Å²) in [5, 5.41) is 0. The van der Waals surface area contributed by atoms with Crippen LogP contribution in [-0.4, -0.2) is 45.2 Å². The molecule has 0 heterocycles. The van der Waals surface area contributed by atoms with Crippen LogP contribution in [0.1, 0.15) is 24.2 Å². The van der Waals surface area contributed by atoms with Crippen LogP contribution in [0.15, 0.2) is 16.6 Å². The Kier molecular flexibility index (Phi) is 6.04. The zero-order chi connectivity index (χ0) is 16.2. The summed E-state index contributed by atoms with van der Waals surface area (Å²) in [6, 6.07) is 3.39. The normalized spacial score (nSPS) is 11.2. The smallest absolute Gasteiger partial charge is 0.253 e. The summed E-state index contributed by atoms with van der Waals surface area (Å²) in [4.78, 5) is 14.2. The molecule has 1 aromatic carbocycles. The van der Waals surface area contributed by atoms with Crippen molar-refractivity contribution in [3.05, 3.63) is 22.2 Å². The maximum Gasteiger partial charge on any atom is 0.253 e. The minimum atomic E-state index is -0.131. The van der Waals surface area contributed by atoms with E-state index in [1.54, 1.807) is 38.3 Å². The lowest BCUT2D eigenvalue weighted by Crippen LogP contribution is -2.39. The summed E-state index contributed by atoms with van der Waals surface area (Å²) < 4.78 is 11.2. The molecular weight excluding hydrogens is 336 g/mol. The highest BCUT2D eigenvalue weighted by Crippen LogP contribution is 2.36. The number of halogens is 1. The quantitative estimate of drug-likeness (QED) is 0.848. The number of carbonyl (C=O) groups excluding carboxylic acids is 1. The van der Waals surface area contributed by atoms with E-state index in [2.05, 4.69) is 15.9 Å². The largest absolute Gasteiger partial charge is 0.495 e. The van der Waals surface area contributed by atoms with Crippen LogP contribution in [0.5, 0.6) is 11.5 Å². The lowest BCUT2D eigenvalue weighted by Gasteiger charge is -2.29. The standard InChI is InChI=1S/C15H23BrN2O3/c1-15(2,8-17)9-18(3)14(19)10-6-11(20-4)13(16)12(7-10)21-5/h6-7H,8-9,17H2,1-5H3. The minimum absolute atomic E-state index is 0.0966. The lowest BCUT2D eigenvalue weighted by atomic mass is 9.93. The van der Waals surface area contributed by atoms with Crippen molar-refractivity contribution in [1.82, 2.24) is 4.90 Å². The van der Waals surface area contributed by atoms with E-state index < -0.39 is 0 Å². The van der Waals surface area contributed by atoms with Crippen LogP contribution in [0.2, 0.25) is 0 Å². The second-order valence-electron chi connectivity index (χ2n) is 5.72. The third kappa shape index (κ3) is 4.35. The van der Waals surface area contributed by atoms with Crippen molar-refractivity contribution in [3.8, 4) is 11.5 Å². The molecule has 6 heteroatoms. The Labute approximate surface area is 134 Å². The number of carbonyl (C=O) groups is 1. The summed E-state index contributed by atoms with van der Waals surface area (Å²) in [6.07, 6.45) is 0. The van der Waals surface area contributed by atoms with Gasteiger partial charge in [0.15, 0.2) is 0 Å². The molecule has 0 aromatic heterocycles. The molecule has 0 saturated carbocycles. The van der Waals surface area contributed by atoms with Gasteiger partial charge in [0, 0.05) is 19.2 Å². The molecule has 0 saturated heterocycles. The number of hydrogen-bond acceptors (Lipinski definition) is 4. The SMILES string of the molecule is COc1cc(C(=O)N(C)CC(C)(C)CN)cc(OC)c1Br. The number of methoxy groups -OCH3 is 2. The van der Waals surface area contributed by atoms with Crippen LogP contribution in [0.25, 0.3) is 0 Å². The molecule has 21 heavy (non-hydrogen) atoms. The Balaban J connectivity index is 3.07. The molecular formula is C15H23BrN2O3. The van der Waals surface area contributed by atoms with Gasteiger partial charge in [0.05, 0.1) is 14.2 Å². The molecule has 0 aliphatic rings. The fourth-order valence-electron chi connectivity index (χ4n) is 1.99. The topological polar surface area (TPSA) is 64.8 Å². The van der Waals surface area contributed by atoms with Gasteiger partial charge in [-0.25, -0.2) is 0 Å². The van der Waals surface area contributed by atoms with E-state index in [1.807, 2.05) is 13.8 Å². The third-order valence-corrected chi connectivity index (χ3v) is 4.04. The average molecular weight is 359 g/mol. The molecule has 5 nitrogen and oxygen atoms in total. The van der Waals surface area contributed by atoms with Crippen molar-refractivity contribution >= 4 is 21.8 Å². The number of amides is 1. The molecule has 1 aromatic rings. The fraction of sp³-hybridized carbons (Fsp3) is 0.533. The number of ether oxygens (including phenoxy) is 2. The van der Waals surface area contributed by atoms with Crippen molar-refractivity contribution in [2.24, 2.45) is 11.1 Å². The Morgan fingerprint density at radius 3 is 2.14 bits per heavy atom. The minimum Gasteiger partial charge on any atom is -0.495 e. The molecule has 2 N–H and O–H groups in total. The number of nitrogens with zero attached hydrogens (tertiary/aromatic N) is 1. The maximum absolute atomic E-state index is 12.5. The highest BCUT2D eigenvalue weighted by Gasteiger charge is 2.23. The molecule has 0 bridgehead atoms. The van der Waals surface area contributed by atoms with Gasteiger partial charge in [-0.1, -0.05) is 13.8 Å². The van der Waals surface area contributed by atoms with Gasteiger partial charge in [-0.15, -0.1) is 0 Å². The van der Waals surface area contributed by atoms with Gasteiger partial charge < -0.3 is 20.1 Å². The van der Waals surface area contributed by atoms with Crippen molar-refractivity contribution in [2.75, 3.05) is 34.4 Å². The van der Waals surface area contributed by atoms with Crippen LogP contribution in [0.4, 0.5) is 0 Å². The number of hydrogen-bond donors (Lipinski definition) is 1. The highest BCUT2D eigenvalue weighted by molar-refractivity contribution is 9.10. The van der Waals surface area contributed by atoms with E-state index in [-0.39, 0.29) is 11.3 Å². The summed E-state index contributed by atoms with van der Waals surface area (Å²) in [6.45, 7) is 5.14.